The van der Waals surface area contributed by atoms with Crippen molar-refractivity contribution in [2.75, 3.05) is 65.6 Å². The molecule has 2 rings (SSSR count). The SMILES string of the molecule is CCCCCCCCCCCCCCCC(=O)OCC(COP(=O)(O)OCCNC(=O)CCCC(=O)NCC(O)NC(CNC(CCCCN)C(=O)N1CCCC1C(=O)N1CCCC1C(=O)NC(CCCN=C(N)N)C(=O)O)C(C)O)OC(=O)CCCCCCCCCCCCCCC. The van der Waals surface area contributed by atoms with E-state index < -0.39 is 111 Å². The highest BCUT2D eigenvalue weighted by atomic mass is 31.2. The van der Waals surface area contributed by atoms with Gasteiger partial charge in [-0.3, -0.25) is 52.9 Å². The number of hydrogen-bond acceptors (Lipinski definition) is 19. The monoisotopic (exact) mass is 1430 g/mol. The third-order valence-electron chi connectivity index (χ3n) is 18.1. The van der Waals surface area contributed by atoms with Crippen molar-refractivity contribution in [3.63, 3.8) is 0 Å². The molecule has 0 saturated carbocycles. The van der Waals surface area contributed by atoms with Gasteiger partial charge >= 0.3 is 25.7 Å². The van der Waals surface area contributed by atoms with Crippen molar-refractivity contribution in [3.8, 4) is 0 Å². The predicted octanol–water partition coefficient (Wildman–Crippen LogP) is 7.29. The van der Waals surface area contributed by atoms with Gasteiger partial charge in [0, 0.05) is 64.4 Å². The number of unbranched alkanes of at least 4 members (excludes halogenated alkanes) is 25. The number of likely N-dealkylation sites (tertiary alicyclic amines) is 2. The number of carbonyl (C=O) groups excluding carboxylic acids is 7. The molecule has 2 heterocycles. The number of aliphatic imine (C=N–C) groups is 1. The first-order valence-electron chi connectivity index (χ1n) is 37.9. The Morgan fingerprint density at radius 1 is 0.596 bits per heavy atom. The third kappa shape index (κ3) is 44.2. The van der Waals surface area contributed by atoms with E-state index in [1.54, 1.807) is 0 Å². The largest absolute Gasteiger partial charge is 0.480 e. The van der Waals surface area contributed by atoms with Crippen LogP contribution < -0.4 is 43.8 Å². The standard InChI is InChI=1S/C70H132N11O17P/c1-4-6-8-10-12-14-16-18-20-22-24-26-28-42-64(86)95-52-55(98-65(87)43-29-27-25-23-21-19-17-15-13-11-9-7-5-2)53-97-99(93,94)96-49-46-74-61(83)40-32-41-62(84)77-51-63(85)78-58(54(3)82)50-76-56(36-30-31-44-71)67(89)81-48-35-39-60(81)68(90)80-47-34-38-59(80)66(88)79-57(69(91)92)37-33-45-75-70(72)73/h54-60,63,76,78,82,85H,4-53,71H2,1-3H3,(H,74,83)(H,77,84)(H,79,88)(H,91,92)(H,93,94)(H4,72,73,75). The Balaban J connectivity index is 1.83. The molecule has 29 heteroatoms. The lowest BCUT2D eigenvalue weighted by Gasteiger charge is -2.34. The van der Waals surface area contributed by atoms with Crippen molar-refractivity contribution in [2.45, 2.75) is 326 Å². The van der Waals surface area contributed by atoms with Crippen molar-refractivity contribution < 1.29 is 81.7 Å². The van der Waals surface area contributed by atoms with E-state index in [0.717, 1.165) is 44.9 Å². The number of esters is 2. The zero-order valence-electron chi connectivity index (χ0n) is 60.6. The lowest BCUT2D eigenvalue weighted by Crippen LogP contribution is -2.58. The van der Waals surface area contributed by atoms with Crippen molar-refractivity contribution in [2.24, 2.45) is 22.2 Å². The first-order valence-corrected chi connectivity index (χ1v) is 39.4. The van der Waals surface area contributed by atoms with Gasteiger partial charge in [0.25, 0.3) is 0 Å². The van der Waals surface area contributed by atoms with Gasteiger partial charge in [0.15, 0.2) is 12.1 Å². The first kappa shape index (κ1) is 90.0. The van der Waals surface area contributed by atoms with Crippen LogP contribution in [0.2, 0.25) is 0 Å². The average molecular weight is 1430 g/mol. The van der Waals surface area contributed by atoms with Crippen LogP contribution in [0.4, 0.5) is 0 Å². The molecule has 15 N–H and O–H groups in total. The zero-order chi connectivity index (χ0) is 72.9. The smallest absolute Gasteiger partial charge is 0.472 e. The number of hydrogen-bond donors (Lipinski definition) is 12. The second-order valence-electron chi connectivity index (χ2n) is 26.9. The second kappa shape index (κ2) is 56.5. The number of ether oxygens (including phenoxy) is 2. The fraction of sp³-hybridized carbons (Fsp3) is 0.871. The van der Waals surface area contributed by atoms with Crippen LogP contribution in [0, 0.1) is 0 Å². The van der Waals surface area contributed by atoms with Crippen molar-refractivity contribution in [1.29, 1.82) is 0 Å². The molecule has 574 valence electrons. The highest BCUT2D eigenvalue weighted by Crippen LogP contribution is 2.43. The number of aliphatic carboxylic acids is 1. The second-order valence-corrected chi connectivity index (χ2v) is 28.3. The summed E-state index contributed by atoms with van der Waals surface area (Å²) in [6.45, 7) is 5.17. The molecule has 0 aromatic carbocycles. The van der Waals surface area contributed by atoms with E-state index in [4.69, 9.17) is 35.7 Å². The van der Waals surface area contributed by atoms with E-state index in [-0.39, 0.29) is 103 Å². The number of guanidine groups is 1. The molecule has 2 aliphatic heterocycles. The number of amides is 5. The number of nitrogens with two attached hydrogens (primary N) is 3. The number of phosphoric ester groups is 1. The predicted molar refractivity (Wildman–Crippen MR) is 381 cm³/mol. The highest BCUT2D eigenvalue weighted by molar-refractivity contribution is 7.47. The first-order chi connectivity index (χ1) is 47.6. The lowest BCUT2D eigenvalue weighted by atomic mass is 10.0. The van der Waals surface area contributed by atoms with Crippen LogP contribution in [0.5, 0.6) is 0 Å². The maximum absolute atomic E-state index is 14.4. The van der Waals surface area contributed by atoms with Crippen LogP contribution >= 0.6 is 7.82 Å². The molecule has 2 aliphatic rings. The molecule has 0 bridgehead atoms. The molecule has 2 fully saturated rings. The van der Waals surface area contributed by atoms with E-state index >= 15 is 0 Å². The molecule has 0 spiro atoms. The summed E-state index contributed by atoms with van der Waals surface area (Å²) in [5.41, 5.74) is 16.5. The molecule has 2 saturated heterocycles. The summed E-state index contributed by atoms with van der Waals surface area (Å²) < 4.78 is 34.3. The van der Waals surface area contributed by atoms with E-state index in [0.29, 0.717) is 64.3 Å². The summed E-state index contributed by atoms with van der Waals surface area (Å²) in [5, 5.41) is 45.3. The number of nitrogens with zero attached hydrogens (tertiary/aromatic N) is 3. The Kier molecular flexibility index (Phi) is 51.4. The maximum Gasteiger partial charge on any atom is 0.472 e. The summed E-state index contributed by atoms with van der Waals surface area (Å²) in [7, 11) is -4.74. The highest BCUT2D eigenvalue weighted by Gasteiger charge is 2.44. The Morgan fingerprint density at radius 2 is 1.11 bits per heavy atom. The van der Waals surface area contributed by atoms with E-state index in [1.165, 1.54) is 126 Å². The summed E-state index contributed by atoms with van der Waals surface area (Å²) in [6, 6.07) is -4.68. The normalized spacial score (nSPS) is 17.0. The Morgan fingerprint density at radius 3 is 1.65 bits per heavy atom. The van der Waals surface area contributed by atoms with E-state index in [1.807, 2.05) is 0 Å². The minimum absolute atomic E-state index is 0.0162. The Labute approximate surface area is 591 Å². The number of carboxylic acids is 1. The fourth-order valence-corrected chi connectivity index (χ4v) is 13.1. The maximum atomic E-state index is 14.4. The van der Waals surface area contributed by atoms with Crippen LogP contribution in [0.15, 0.2) is 4.99 Å². The summed E-state index contributed by atoms with van der Waals surface area (Å²) >= 11 is 0. The fourth-order valence-electron chi connectivity index (χ4n) is 12.3. The molecular weight excluding hydrogens is 1300 g/mol. The number of carbonyl (C=O) groups is 8. The number of aliphatic hydroxyl groups excluding tert-OH is 2. The molecular formula is C70H132N11O17P. The van der Waals surface area contributed by atoms with Crippen LogP contribution in [0.1, 0.15) is 278 Å². The Bertz CT molecular complexity index is 2330. The molecule has 0 radical (unpaired) electrons. The van der Waals surface area contributed by atoms with E-state index in [9.17, 15) is 63.1 Å². The molecule has 9 unspecified atom stereocenters. The molecule has 0 aliphatic carbocycles. The minimum Gasteiger partial charge on any atom is -0.480 e. The van der Waals surface area contributed by atoms with Crippen LogP contribution in [-0.2, 0) is 61.4 Å². The number of aliphatic hydroxyl groups is 2. The molecule has 99 heavy (non-hydrogen) atoms. The third-order valence-corrected chi connectivity index (χ3v) is 19.1. The average Bonchev–Trinajstić information content (AvgIpc) is 1.68. The van der Waals surface area contributed by atoms with Crippen LogP contribution in [0.3, 0.4) is 0 Å². The minimum atomic E-state index is -4.74. The van der Waals surface area contributed by atoms with Gasteiger partial charge in [-0.15, -0.1) is 0 Å². The summed E-state index contributed by atoms with van der Waals surface area (Å²) in [4.78, 5) is 123. The van der Waals surface area contributed by atoms with Crippen LogP contribution in [-0.4, -0.2) is 198 Å². The van der Waals surface area contributed by atoms with Gasteiger partial charge < -0.3 is 78.0 Å². The number of carboxylic acid groups (broad SMARTS) is 1. The van der Waals surface area contributed by atoms with Crippen molar-refractivity contribution >= 4 is 61.2 Å². The molecule has 0 aromatic heterocycles. The van der Waals surface area contributed by atoms with Crippen molar-refractivity contribution in [1.82, 2.24) is 36.4 Å². The molecule has 0 aromatic rings. The van der Waals surface area contributed by atoms with Crippen molar-refractivity contribution in [3.05, 3.63) is 0 Å². The van der Waals surface area contributed by atoms with Gasteiger partial charge in [-0.05, 0) is 84.1 Å². The van der Waals surface area contributed by atoms with E-state index in [2.05, 4.69) is 45.4 Å². The zero-order valence-corrected chi connectivity index (χ0v) is 61.5. The van der Waals surface area contributed by atoms with Crippen LogP contribution in [0.25, 0.3) is 0 Å². The topological polar surface area (TPSA) is 429 Å². The molecule has 28 nitrogen and oxygen atoms in total. The number of nitrogens with one attached hydrogen (secondary N) is 5. The van der Waals surface area contributed by atoms with Gasteiger partial charge in [-0.1, -0.05) is 174 Å². The molecule has 9 atom stereocenters. The van der Waals surface area contributed by atoms with Gasteiger partial charge in [-0.25, -0.2) is 9.36 Å². The Hall–Kier alpha value is -5.06. The number of phosphoric acid groups is 1. The van der Waals surface area contributed by atoms with Gasteiger partial charge in [0.2, 0.25) is 29.5 Å². The number of rotatable bonds is 63. The van der Waals surface area contributed by atoms with Gasteiger partial charge in [0.1, 0.15) is 31.0 Å². The summed E-state index contributed by atoms with van der Waals surface area (Å²) in [6.07, 6.45) is 30.4. The molecule has 5 amide bonds. The quantitative estimate of drug-likeness (QED) is 0.00710. The summed E-state index contributed by atoms with van der Waals surface area (Å²) in [5.74, 6) is -4.72. The lowest BCUT2D eigenvalue weighted by molar-refractivity contribution is -0.161. The van der Waals surface area contributed by atoms with Gasteiger partial charge in [-0.2, -0.15) is 0 Å². The van der Waals surface area contributed by atoms with Gasteiger partial charge in [0.05, 0.1) is 31.9 Å².